The summed E-state index contributed by atoms with van der Waals surface area (Å²) in [6.07, 6.45) is 2.59. The van der Waals surface area contributed by atoms with Crippen molar-refractivity contribution in [3.63, 3.8) is 0 Å². The molecule has 1 aromatic rings. The first kappa shape index (κ1) is 16.5. The van der Waals surface area contributed by atoms with Crippen LogP contribution in [0.15, 0.2) is 24.3 Å². The lowest BCUT2D eigenvalue weighted by Crippen LogP contribution is -2.47. The van der Waals surface area contributed by atoms with Crippen LogP contribution in [-0.2, 0) is 4.79 Å². The van der Waals surface area contributed by atoms with Crippen LogP contribution in [0, 0.1) is 0 Å². The van der Waals surface area contributed by atoms with E-state index < -0.39 is 6.04 Å². The van der Waals surface area contributed by atoms with Gasteiger partial charge in [-0.15, -0.1) is 23.5 Å². The largest absolute Gasteiger partial charge is 0.354 e. The Morgan fingerprint density at radius 2 is 2.04 bits per heavy atom. The molecule has 124 valence electrons. The van der Waals surface area contributed by atoms with Crippen LogP contribution in [0.2, 0.25) is 0 Å². The van der Waals surface area contributed by atoms with Crippen molar-refractivity contribution in [1.29, 1.82) is 0 Å². The van der Waals surface area contributed by atoms with E-state index in [0.29, 0.717) is 17.5 Å². The first-order valence-electron chi connectivity index (χ1n) is 7.91. The van der Waals surface area contributed by atoms with Crippen LogP contribution in [0.5, 0.6) is 0 Å². The van der Waals surface area contributed by atoms with E-state index >= 15 is 0 Å². The van der Waals surface area contributed by atoms with E-state index in [0.717, 1.165) is 18.5 Å². The van der Waals surface area contributed by atoms with E-state index in [1.54, 1.807) is 0 Å². The second-order valence-electron chi connectivity index (χ2n) is 5.64. The number of urea groups is 1. The van der Waals surface area contributed by atoms with Gasteiger partial charge in [0.1, 0.15) is 6.04 Å². The molecule has 0 aromatic heterocycles. The molecule has 2 aliphatic heterocycles. The Morgan fingerprint density at radius 3 is 2.87 bits per heavy atom. The molecule has 0 aliphatic carbocycles. The van der Waals surface area contributed by atoms with Gasteiger partial charge < -0.3 is 16.0 Å². The standard InChI is InChI=1S/C16H21N3O2S2/c20-14-13(6-1-2-7-17-14)19-16(21)18-12-5-3-4-11(10-12)15-22-8-9-23-15/h3-5,10,13,15H,1-2,6-9H2,(H,17,20)(H2,18,19,21)/t13-/m0/s1. The molecular formula is C16H21N3O2S2. The summed E-state index contributed by atoms with van der Waals surface area (Å²) in [4.78, 5) is 24.0. The van der Waals surface area contributed by atoms with Gasteiger partial charge in [0.05, 0.1) is 4.58 Å². The van der Waals surface area contributed by atoms with Gasteiger partial charge in [-0.3, -0.25) is 4.79 Å². The first-order chi connectivity index (χ1) is 11.2. The maximum Gasteiger partial charge on any atom is 0.319 e. The number of rotatable bonds is 3. The van der Waals surface area contributed by atoms with Crippen LogP contribution in [0.1, 0.15) is 29.4 Å². The maximum absolute atomic E-state index is 12.2. The molecule has 0 unspecified atom stereocenters. The first-order valence-corrected chi connectivity index (χ1v) is 10.0. The molecule has 2 fully saturated rings. The van der Waals surface area contributed by atoms with Crippen LogP contribution < -0.4 is 16.0 Å². The lowest BCUT2D eigenvalue weighted by atomic mass is 10.1. The van der Waals surface area contributed by atoms with Gasteiger partial charge in [0.25, 0.3) is 0 Å². The number of carbonyl (C=O) groups is 2. The predicted molar refractivity (Wildman–Crippen MR) is 96.9 cm³/mol. The molecule has 3 N–H and O–H groups in total. The molecule has 3 rings (SSSR count). The van der Waals surface area contributed by atoms with Gasteiger partial charge in [-0.2, -0.15) is 0 Å². The number of hydrogen-bond acceptors (Lipinski definition) is 4. The van der Waals surface area contributed by atoms with Crippen LogP contribution in [0.4, 0.5) is 10.5 Å². The van der Waals surface area contributed by atoms with E-state index in [9.17, 15) is 9.59 Å². The average molecular weight is 351 g/mol. The van der Waals surface area contributed by atoms with Crippen LogP contribution >= 0.6 is 23.5 Å². The number of anilines is 1. The molecule has 2 saturated heterocycles. The Bertz CT molecular complexity index is 576. The molecule has 0 saturated carbocycles. The van der Waals surface area contributed by atoms with Crippen molar-refractivity contribution in [1.82, 2.24) is 10.6 Å². The normalized spacial score (nSPS) is 22.3. The minimum absolute atomic E-state index is 0.0924. The Kier molecular flexibility index (Phi) is 5.72. The second-order valence-corrected chi connectivity index (χ2v) is 8.36. The highest BCUT2D eigenvalue weighted by molar-refractivity contribution is 8.19. The van der Waals surface area contributed by atoms with E-state index in [4.69, 9.17) is 0 Å². The van der Waals surface area contributed by atoms with E-state index in [2.05, 4.69) is 22.0 Å². The molecule has 1 aromatic carbocycles. The quantitative estimate of drug-likeness (QED) is 0.783. The summed E-state index contributed by atoms with van der Waals surface area (Å²) in [5, 5.41) is 8.44. The highest BCUT2D eigenvalue weighted by atomic mass is 32.2. The third-order valence-electron chi connectivity index (χ3n) is 3.88. The third-order valence-corrected chi connectivity index (χ3v) is 6.98. The van der Waals surface area contributed by atoms with Crippen molar-refractivity contribution in [3.05, 3.63) is 29.8 Å². The van der Waals surface area contributed by atoms with Gasteiger partial charge in [-0.25, -0.2) is 4.79 Å². The summed E-state index contributed by atoms with van der Waals surface area (Å²) in [6, 6.07) is 7.18. The Balaban J connectivity index is 1.58. The molecule has 2 aliphatic rings. The van der Waals surface area contributed by atoms with Crippen LogP contribution in [0.3, 0.4) is 0 Å². The lowest BCUT2D eigenvalue weighted by Gasteiger charge is -2.16. The third kappa shape index (κ3) is 4.57. The van der Waals surface area contributed by atoms with E-state index in [1.807, 2.05) is 41.7 Å². The summed E-state index contributed by atoms with van der Waals surface area (Å²) >= 11 is 3.87. The molecule has 7 heteroatoms. The van der Waals surface area contributed by atoms with Gasteiger partial charge in [-0.05, 0) is 37.0 Å². The van der Waals surface area contributed by atoms with E-state index in [1.165, 1.54) is 17.1 Å². The fourth-order valence-corrected chi connectivity index (χ4v) is 5.55. The zero-order valence-electron chi connectivity index (χ0n) is 12.8. The molecule has 5 nitrogen and oxygen atoms in total. The Hall–Kier alpha value is -1.34. The predicted octanol–water partition coefficient (Wildman–Crippen LogP) is 2.96. The number of carbonyl (C=O) groups excluding carboxylic acids is 2. The molecule has 3 amide bonds. The number of amides is 3. The average Bonchev–Trinajstić information content (AvgIpc) is 3.01. The van der Waals surface area contributed by atoms with Crippen molar-refractivity contribution in [2.45, 2.75) is 29.9 Å². The van der Waals surface area contributed by atoms with Gasteiger partial charge in [0.15, 0.2) is 0 Å². The van der Waals surface area contributed by atoms with E-state index in [-0.39, 0.29) is 11.9 Å². The minimum Gasteiger partial charge on any atom is -0.354 e. The van der Waals surface area contributed by atoms with Gasteiger partial charge in [0.2, 0.25) is 5.91 Å². The highest BCUT2D eigenvalue weighted by Gasteiger charge is 2.22. The van der Waals surface area contributed by atoms with Crippen LogP contribution in [0.25, 0.3) is 0 Å². The van der Waals surface area contributed by atoms with Crippen molar-refractivity contribution in [3.8, 4) is 0 Å². The summed E-state index contributed by atoms with van der Waals surface area (Å²) < 4.78 is 0.451. The van der Waals surface area contributed by atoms with Crippen molar-refractivity contribution in [2.24, 2.45) is 0 Å². The van der Waals surface area contributed by atoms with Crippen molar-refractivity contribution >= 4 is 41.1 Å². The fourth-order valence-electron chi connectivity index (χ4n) is 2.72. The lowest BCUT2D eigenvalue weighted by molar-refractivity contribution is -0.122. The number of nitrogens with one attached hydrogen (secondary N) is 3. The molecule has 0 spiro atoms. The molecule has 23 heavy (non-hydrogen) atoms. The Labute approximate surface area is 144 Å². The summed E-state index contributed by atoms with van der Waals surface area (Å²) in [7, 11) is 0. The summed E-state index contributed by atoms with van der Waals surface area (Å²) in [5.74, 6) is 2.25. The SMILES string of the molecule is O=C(Nc1cccc(C2SCCS2)c1)N[C@H]1CCCCNC1=O. The van der Waals surface area contributed by atoms with Crippen molar-refractivity contribution in [2.75, 3.05) is 23.4 Å². The van der Waals surface area contributed by atoms with Crippen molar-refractivity contribution < 1.29 is 9.59 Å². The monoisotopic (exact) mass is 351 g/mol. The fraction of sp³-hybridized carbons (Fsp3) is 0.500. The smallest absolute Gasteiger partial charge is 0.319 e. The molecule has 0 bridgehead atoms. The van der Waals surface area contributed by atoms with Gasteiger partial charge in [-0.1, -0.05) is 12.1 Å². The molecule has 0 radical (unpaired) electrons. The summed E-state index contributed by atoms with van der Waals surface area (Å²) in [6.45, 7) is 0.692. The summed E-state index contributed by atoms with van der Waals surface area (Å²) in [5.41, 5.74) is 1.99. The minimum atomic E-state index is -0.443. The highest BCUT2D eigenvalue weighted by Crippen LogP contribution is 2.45. The second kappa shape index (κ2) is 7.97. The number of hydrogen-bond donors (Lipinski definition) is 3. The number of thioether (sulfide) groups is 2. The van der Waals surface area contributed by atoms with Gasteiger partial charge in [0, 0.05) is 23.7 Å². The van der Waals surface area contributed by atoms with Gasteiger partial charge >= 0.3 is 6.03 Å². The number of benzene rings is 1. The Morgan fingerprint density at radius 1 is 1.22 bits per heavy atom. The maximum atomic E-state index is 12.2. The zero-order chi connectivity index (χ0) is 16.1. The molecule has 2 heterocycles. The van der Waals surface area contributed by atoms with Crippen LogP contribution in [-0.4, -0.2) is 36.0 Å². The molecule has 1 atom stereocenters. The zero-order valence-corrected chi connectivity index (χ0v) is 14.5. The molecular weight excluding hydrogens is 330 g/mol. The topological polar surface area (TPSA) is 70.2 Å².